The fourth-order valence-electron chi connectivity index (χ4n) is 3.40. The number of carbonyl (C=O) groups excluding carboxylic acids is 1. The lowest BCUT2D eigenvalue weighted by atomic mass is 10.1. The van der Waals surface area contributed by atoms with Gasteiger partial charge in [-0.05, 0) is 36.8 Å². The molecule has 0 bridgehead atoms. The van der Waals surface area contributed by atoms with E-state index in [0.29, 0.717) is 12.1 Å². The molecule has 0 aliphatic carbocycles. The van der Waals surface area contributed by atoms with Gasteiger partial charge in [0.25, 0.3) is 5.69 Å². The Morgan fingerprint density at radius 1 is 1.00 bits per heavy atom. The van der Waals surface area contributed by atoms with Gasteiger partial charge in [-0.25, -0.2) is 9.13 Å². The van der Waals surface area contributed by atoms with E-state index >= 15 is 0 Å². The third-order valence-corrected chi connectivity index (χ3v) is 4.97. The van der Waals surface area contributed by atoms with Gasteiger partial charge in [-0.3, -0.25) is 14.9 Å². The molecule has 152 valence electrons. The minimum Gasteiger partial charge on any atom is -0.290 e. The summed E-state index contributed by atoms with van der Waals surface area (Å²) in [7, 11) is 0. The number of carbonyl (C=O) groups is 1. The number of fused-ring (bicyclic) bond motifs is 1. The largest absolute Gasteiger partial charge is 0.290 e. The van der Waals surface area contributed by atoms with Gasteiger partial charge in [-0.2, -0.15) is 0 Å². The lowest BCUT2D eigenvalue weighted by Gasteiger charge is -2.00. The van der Waals surface area contributed by atoms with Gasteiger partial charge in [-0.15, -0.1) is 17.0 Å². The first-order valence-electron chi connectivity index (χ1n) is 9.32. The fourth-order valence-corrected chi connectivity index (χ4v) is 3.40. The standard InChI is InChI=1S/C23H20N3O3.BrH/c1-17-6-8-18(9-7-17)14-24-16-25(22-5-3-2-4-21(22)24)15-23(27)19-10-12-20(13-11-19)26(28)29;/h2-13,16H,14-15H2,1H3;1H/q+1;. The number of non-ortho nitro benzene ring substituents is 1. The van der Waals surface area contributed by atoms with E-state index in [-0.39, 0.29) is 35.0 Å². The number of nitrogens with zero attached hydrogens (tertiary/aromatic N) is 3. The average molecular weight is 467 g/mol. The highest BCUT2D eigenvalue weighted by molar-refractivity contribution is 8.93. The molecule has 4 aromatic rings. The van der Waals surface area contributed by atoms with Crippen molar-refractivity contribution in [1.29, 1.82) is 0 Å². The predicted octanol–water partition coefficient (Wildman–Crippen LogP) is 4.65. The molecule has 30 heavy (non-hydrogen) atoms. The van der Waals surface area contributed by atoms with E-state index in [4.69, 9.17) is 0 Å². The summed E-state index contributed by atoms with van der Waals surface area (Å²) in [4.78, 5) is 23.1. The molecule has 1 aromatic heterocycles. The maximum absolute atomic E-state index is 12.7. The summed E-state index contributed by atoms with van der Waals surface area (Å²) >= 11 is 0. The molecule has 0 unspecified atom stereocenters. The van der Waals surface area contributed by atoms with Crippen LogP contribution in [0.3, 0.4) is 0 Å². The number of aromatic nitrogens is 2. The zero-order valence-electron chi connectivity index (χ0n) is 16.4. The molecule has 0 N–H and O–H groups in total. The first-order valence-corrected chi connectivity index (χ1v) is 9.32. The zero-order valence-corrected chi connectivity index (χ0v) is 18.1. The maximum Gasteiger partial charge on any atom is 0.269 e. The quantitative estimate of drug-likeness (QED) is 0.179. The van der Waals surface area contributed by atoms with Crippen LogP contribution in [-0.4, -0.2) is 15.3 Å². The number of para-hydroxylation sites is 2. The van der Waals surface area contributed by atoms with Crippen LogP contribution in [0, 0.1) is 17.0 Å². The van der Waals surface area contributed by atoms with Crippen molar-refractivity contribution in [2.24, 2.45) is 0 Å². The van der Waals surface area contributed by atoms with Crippen LogP contribution >= 0.6 is 17.0 Å². The van der Waals surface area contributed by atoms with Crippen LogP contribution in [0.25, 0.3) is 11.0 Å². The molecule has 0 radical (unpaired) electrons. The van der Waals surface area contributed by atoms with Crippen molar-refractivity contribution in [1.82, 2.24) is 4.57 Å². The lowest BCUT2D eigenvalue weighted by molar-refractivity contribution is -0.663. The predicted molar refractivity (Wildman–Crippen MR) is 120 cm³/mol. The van der Waals surface area contributed by atoms with E-state index in [1.807, 2.05) is 35.2 Å². The molecule has 0 atom stereocenters. The summed E-state index contributed by atoms with van der Waals surface area (Å²) in [5.41, 5.74) is 4.85. The average Bonchev–Trinajstić information content (AvgIpc) is 3.07. The number of nitro benzene ring substituents is 1. The number of ketones is 1. The van der Waals surface area contributed by atoms with Gasteiger partial charge in [0.05, 0.1) is 4.92 Å². The zero-order chi connectivity index (χ0) is 20.4. The van der Waals surface area contributed by atoms with Crippen LogP contribution in [0.1, 0.15) is 21.5 Å². The Kier molecular flexibility index (Phi) is 6.42. The van der Waals surface area contributed by atoms with E-state index < -0.39 is 4.92 Å². The second kappa shape index (κ2) is 9.00. The van der Waals surface area contributed by atoms with Crippen LogP contribution < -0.4 is 4.57 Å². The van der Waals surface area contributed by atoms with Crippen LogP contribution in [0.15, 0.2) is 79.1 Å². The van der Waals surface area contributed by atoms with Gasteiger partial charge < -0.3 is 0 Å². The lowest BCUT2D eigenvalue weighted by Crippen LogP contribution is -2.33. The highest BCUT2D eigenvalue weighted by Gasteiger charge is 2.19. The Morgan fingerprint density at radius 3 is 2.33 bits per heavy atom. The number of hydrogen-bond donors (Lipinski definition) is 0. The number of rotatable bonds is 6. The minimum atomic E-state index is -0.471. The highest BCUT2D eigenvalue weighted by atomic mass is 79.9. The molecule has 0 saturated heterocycles. The molecule has 0 amide bonds. The molecule has 0 spiro atoms. The molecule has 7 heteroatoms. The van der Waals surface area contributed by atoms with Crippen molar-refractivity contribution in [3.8, 4) is 0 Å². The summed E-state index contributed by atoms with van der Waals surface area (Å²) in [6.07, 6.45) is 1.95. The van der Waals surface area contributed by atoms with Crippen LogP contribution in [0.5, 0.6) is 0 Å². The van der Waals surface area contributed by atoms with Crippen LogP contribution in [-0.2, 0) is 13.1 Å². The summed E-state index contributed by atoms with van der Waals surface area (Å²) in [6.45, 7) is 2.94. The minimum absolute atomic E-state index is 0. The Labute approximate surface area is 184 Å². The second-order valence-corrected chi connectivity index (χ2v) is 7.07. The van der Waals surface area contributed by atoms with Crippen molar-refractivity contribution in [3.63, 3.8) is 0 Å². The normalized spacial score (nSPS) is 10.6. The fraction of sp³-hybridized carbons (Fsp3) is 0.130. The summed E-state index contributed by atoms with van der Waals surface area (Å²) < 4.78 is 4.05. The molecule has 4 rings (SSSR count). The van der Waals surface area contributed by atoms with Crippen LogP contribution in [0.4, 0.5) is 5.69 Å². The molecular formula is C23H21BrN3O3+. The highest BCUT2D eigenvalue weighted by Crippen LogP contribution is 2.16. The molecule has 0 fully saturated rings. The Bertz CT molecular complexity index is 1200. The smallest absolute Gasteiger partial charge is 0.269 e. The third kappa shape index (κ3) is 4.46. The van der Waals surface area contributed by atoms with Crippen molar-refractivity contribution in [3.05, 3.63) is 106 Å². The number of nitro groups is 1. The number of aryl methyl sites for hydroxylation is 1. The van der Waals surface area contributed by atoms with Gasteiger partial charge in [0.2, 0.25) is 12.1 Å². The Morgan fingerprint density at radius 2 is 1.67 bits per heavy atom. The van der Waals surface area contributed by atoms with Crippen molar-refractivity contribution >= 4 is 39.5 Å². The number of imidazole rings is 1. The van der Waals surface area contributed by atoms with Gasteiger partial charge >= 0.3 is 0 Å². The second-order valence-electron chi connectivity index (χ2n) is 7.07. The first kappa shape index (κ1) is 21.4. The van der Waals surface area contributed by atoms with Gasteiger partial charge in [0, 0.05) is 17.7 Å². The molecule has 0 aliphatic heterocycles. The molecule has 0 saturated carbocycles. The maximum atomic E-state index is 12.7. The van der Waals surface area contributed by atoms with E-state index in [1.54, 1.807) is 0 Å². The number of hydrogen-bond acceptors (Lipinski definition) is 3. The third-order valence-electron chi connectivity index (χ3n) is 4.97. The molecule has 1 heterocycles. The van der Waals surface area contributed by atoms with Crippen LogP contribution in [0.2, 0.25) is 0 Å². The SMILES string of the molecule is Br.Cc1ccc(C[n+]2cn(CC(=O)c3ccc([N+](=O)[O-])cc3)c3ccccc32)cc1. The molecule has 3 aromatic carbocycles. The molecule has 6 nitrogen and oxygen atoms in total. The van der Waals surface area contributed by atoms with E-state index in [0.717, 1.165) is 11.0 Å². The van der Waals surface area contributed by atoms with E-state index in [2.05, 4.69) is 35.8 Å². The van der Waals surface area contributed by atoms with Gasteiger partial charge in [-0.1, -0.05) is 42.0 Å². The monoisotopic (exact) mass is 466 g/mol. The molecular weight excluding hydrogens is 446 g/mol. The first-order chi connectivity index (χ1) is 14.0. The number of Topliss-reactive ketones (excluding diaryl/α,β-unsaturated/α-hetero) is 1. The number of halogens is 1. The summed E-state index contributed by atoms with van der Waals surface area (Å²) in [5, 5.41) is 10.8. The van der Waals surface area contributed by atoms with Gasteiger partial charge in [0.1, 0.15) is 6.54 Å². The van der Waals surface area contributed by atoms with Gasteiger partial charge in [0.15, 0.2) is 17.6 Å². The van der Waals surface area contributed by atoms with Crippen molar-refractivity contribution in [2.75, 3.05) is 0 Å². The molecule has 0 aliphatic rings. The van der Waals surface area contributed by atoms with E-state index in [1.165, 1.54) is 35.4 Å². The summed E-state index contributed by atoms with van der Waals surface area (Å²) in [5.74, 6) is -0.0943. The van der Waals surface area contributed by atoms with Crippen molar-refractivity contribution < 1.29 is 14.3 Å². The Hall–Kier alpha value is -3.32. The topological polar surface area (TPSA) is 69.0 Å². The summed E-state index contributed by atoms with van der Waals surface area (Å²) in [6, 6.07) is 22.1. The number of benzene rings is 3. The van der Waals surface area contributed by atoms with Crippen molar-refractivity contribution in [2.45, 2.75) is 20.0 Å². The Balaban J connectivity index is 0.00000256. The van der Waals surface area contributed by atoms with E-state index in [9.17, 15) is 14.9 Å².